The largest absolute Gasteiger partial charge is 0.311 e. The lowest BCUT2D eigenvalue weighted by Crippen LogP contribution is -2.33. The summed E-state index contributed by atoms with van der Waals surface area (Å²) in [7, 11) is 0. The van der Waals surface area contributed by atoms with Gasteiger partial charge in [-0.15, -0.1) is 0 Å². The molecule has 1 aromatic carbocycles. The Hall–Kier alpha value is -2.95. The number of aryl methyl sites for hydroxylation is 1. The lowest BCUT2D eigenvalue weighted by atomic mass is 9.78. The summed E-state index contributed by atoms with van der Waals surface area (Å²) in [4.78, 5) is 18.0. The van der Waals surface area contributed by atoms with Gasteiger partial charge in [0.15, 0.2) is 5.65 Å². The van der Waals surface area contributed by atoms with E-state index < -0.39 is 0 Å². The van der Waals surface area contributed by atoms with Crippen LogP contribution >= 0.6 is 0 Å². The quantitative estimate of drug-likeness (QED) is 0.486. The Morgan fingerprint density at radius 3 is 2.66 bits per heavy atom. The van der Waals surface area contributed by atoms with Crippen molar-refractivity contribution in [2.24, 2.45) is 11.8 Å². The SMILES string of the molecule is Cc1nn2c(ncc3c(=O)n(C4CCCC(C)C4C)ccc32)c1-c1ccccc1. The van der Waals surface area contributed by atoms with Gasteiger partial charge in [0.1, 0.15) is 0 Å². The van der Waals surface area contributed by atoms with Crippen molar-refractivity contribution in [2.45, 2.75) is 46.1 Å². The van der Waals surface area contributed by atoms with Crippen LogP contribution in [0.5, 0.6) is 0 Å². The van der Waals surface area contributed by atoms with Crippen LogP contribution in [0.15, 0.2) is 53.6 Å². The molecule has 0 radical (unpaired) electrons. The number of pyridine rings is 1. The highest BCUT2D eigenvalue weighted by molar-refractivity contribution is 5.86. The molecular weight excluding hydrogens is 360 g/mol. The van der Waals surface area contributed by atoms with Gasteiger partial charge in [-0.05, 0) is 36.8 Å². The summed E-state index contributed by atoms with van der Waals surface area (Å²) in [5, 5.41) is 5.37. The van der Waals surface area contributed by atoms with E-state index in [1.165, 1.54) is 12.8 Å². The first-order valence-electron chi connectivity index (χ1n) is 10.5. The molecule has 0 N–H and O–H groups in total. The van der Waals surface area contributed by atoms with Crippen molar-refractivity contribution in [1.82, 2.24) is 19.2 Å². The van der Waals surface area contributed by atoms with E-state index in [1.807, 2.05) is 46.5 Å². The van der Waals surface area contributed by atoms with Crippen molar-refractivity contribution in [2.75, 3.05) is 0 Å². The maximum atomic E-state index is 13.4. The molecule has 29 heavy (non-hydrogen) atoms. The van der Waals surface area contributed by atoms with Gasteiger partial charge in [0.2, 0.25) is 0 Å². The summed E-state index contributed by atoms with van der Waals surface area (Å²) < 4.78 is 3.76. The molecule has 0 spiro atoms. The van der Waals surface area contributed by atoms with Gasteiger partial charge in [-0.3, -0.25) is 4.79 Å². The predicted octanol–water partition coefficient (Wildman–Crippen LogP) is 5.02. The Balaban J connectivity index is 1.70. The van der Waals surface area contributed by atoms with Crippen LogP contribution in [0.3, 0.4) is 0 Å². The fraction of sp³-hybridized carbons (Fsp3) is 0.375. The number of hydrogen-bond acceptors (Lipinski definition) is 3. The lowest BCUT2D eigenvalue weighted by Gasteiger charge is -2.35. The number of rotatable bonds is 2. The van der Waals surface area contributed by atoms with E-state index in [4.69, 9.17) is 5.10 Å². The van der Waals surface area contributed by atoms with Crippen molar-refractivity contribution in [3.8, 4) is 11.1 Å². The lowest BCUT2D eigenvalue weighted by molar-refractivity contribution is 0.183. The second-order valence-electron chi connectivity index (χ2n) is 8.48. The summed E-state index contributed by atoms with van der Waals surface area (Å²) in [5.41, 5.74) is 4.67. The minimum absolute atomic E-state index is 0.0391. The number of benzene rings is 1. The van der Waals surface area contributed by atoms with Crippen molar-refractivity contribution < 1.29 is 0 Å². The van der Waals surface area contributed by atoms with Crippen molar-refractivity contribution >= 4 is 16.6 Å². The number of nitrogens with zero attached hydrogens (tertiary/aromatic N) is 4. The highest BCUT2D eigenvalue weighted by atomic mass is 16.1. The van der Waals surface area contributed by atoms with Crippen LogP contribution in [0.25, 0.3) is 27.7 Å². The van der Waals surface area contributed by atoms with E-state index in [0.29, 0.717) is 17.2 Å². The molecule has 5 nitrogen and oxygen atoms in total. The third-order valence-corrected chi connectivity index (χ3v) is 6.80. The summed E-state index contributed by atoms with van der Waals surface area (Å²) in [6.07, 6.45) is 7.18. The molecule has 1 aliphatic rings. The van der Waals surface area contributed by atoms with Gasteiger partial charge < -0.3 is 4.57 Å². The van der Waals surface area contributed by atoms with Crippen LogP contribution in [-0.4, -0.2) is 19.2 Å². The van der Waals surface area contributed by atoms with E-state index >= 15 is 0 Å². The van der Waals surface area contributed by atoms with E-state index in [0.717, 1.165) is 34.4 Å². The smallest absolute Gasteiger partial charge is 0.261 e. The fourth-order valence-electron chi connectivity index (χ4n) is 4.94. The zero-order valence-electron chi connectivity index (χ0n) is 17.2. The van der Waals surface area contributed by atoms with Crippen molar-refractivity contribution in [3.05, 3.63) is 64.8 Å². The summed E-state index contributed by atoms with van der Waals surface area (Å²) >= 11 is 0. The van der Waals surface area contributed by atoms with Gasteiger partial charge >= 0.3 is 0 Å². The monoisotopic (exact) mass is 386 g/mol. The molecule has 0 bridgehead atoms. The number of hydrogen-bond donors (Lipinski definition) is 0. The van der Waals surface area contributed by atoms with Crippen molar-refractivity contribution in [3.63, 3.8) is 0 Å². The first kappa shape index (κ1) is 18.1. The molecule has 0 aliphatic heterocycles. The van der Waals surface area contributed by atoms with E-state index in [2.05, 4.69) is 31.0 Å². The fourth-order valence-corrected chi connectivity index (χ4v) is 4.94. The Morgan fingerprint density at radius 2 is 1.86 bits per heavy atom. The first-order chi connectivity index (χ1) is 14.1. The Morgan fingerprint density at radius 1 is 1.07 bits per heavy atom. The van der Waals surface area contributed by atoms with E-state index in [-0.39, 0.29) is 11.6 Å². The van der Waals surface area contributed by atoms with Gasteiger partial charge in [0, 0.05) is 24.0 Å². The summed E-state index contributed by atoms with van der Waals surface area (Å²) in [6.45, 7) is 6.57. The highest BCUT2D eigenvalue weighted by Crippen LogP contribution is 2.37. The molecule has 3 unspecified atom stereocenters. The van der Waals surface area contributed by atoms with Gasteiger partial charge in [-0.25, -0.2) is 9.50 Å². The molecule has 0 saturated heterocycles. The molecule has 3 aromatic heterocycles. The van der Waals surface area contributed by atoms with Gasteiger partial charge in [-0.2, -0.15) is 5.10 Å². The summed E-state index contributed by atoms with van der Waals surface area (Å²) in [5.74, 6) is 1.13. The Labute approximate surface area is 170 Å². The second kappa shape index (κ2) is 6.83. The van der Waals surface area contributed by atoms with Gasteiger partial charge in [-0.1, -0.05) is 57.0 Å². The van der Waals surface area contributed by atoms with Crippen LogP contribution in [0, 0.1) is 18.8 Å². The molecule has 3 heterocycles. The Kier molecular flexibility index (Phi) is 4.26. The Bertz CT molecular complexity index is 1250. The average molecular weight is 386 g/mol. The zero-order chi connectivity index (χ0) is 20.1. The molecule has 1 saturated carbocycles. The minimum atomic E-state index is 0.0391. The molecule has 3 atom stereocenters. The molecule has 148 valence electrons. The highest BCUT2D eigenvalue weighted by Gasteiger charge is 2.29. The zero-order valence-corrected chi connectivity index (χ0v) is 17.2. The average Bonchev–Trinajstić information content (AvgIpc) is 3.07. The molecule has 4 aromatic rings. The molecule has 1 fully saturated rings. The maximum Gasteiger partial charge on any atom is 0.261 e. The third-order valence-electron chi connectivity index (χ3n) is 6.80. The predicted molar refractivity (Wildman–Crippen MR) is 116 cm³/mol. The molecule has 5 rings (SSSR count). The minimum Gasteiger partial charge on any atom is -0.311 e. The van der Waals surface area contributed by atoms with Crippen LogP contribution in [0.2, 0.25) is 0 Å². The van der Waals surface area contributed by atoms with Crippen LogP contribution in [0.4, 0.5) is 0 Å². The molecule has 5 heteroatoms. The molecule has 1 aliphatic carbocycles. The van der Waals surface area contributed by atoms with Gasteiger partial charge in [0.05, 0.1) is 16.6 Å². The molecular formula is C24H26N4O. The third kappa shape index (κ3) is 2.79. The molecule has 0 amide bonds. The van der Waals surface area contributed by atoms with E-state index in [9.17, 15) is 4.79 Å². The van der Waals surface area contributed by atoms with Crippen molar-refractivity contribution in [1.29, 1.82) is 0 Å². The van der Waals surface area contributed by atoms with Crippen LogP contribution < -0.4 is 5.56 Å². The topological polar surface area (TPSA) is 52.2 Å². The number of fused-ring (bicyclic) bond motifs is 3. The van der Waals surface area contributed by atoms with Crippen LogP contribution in [0.1, 0.15) is 44.8 Å². The second-order valence-corrected chi connectivity index (χ2v) is 8.48. The summed E-state index contributed by atoms with van der Waals surface area (Å²) in [6, 6.07) is 12.5. The first-order valence-corrected chi connectivity index (χ1v) is 10.5. The normalized spacial score (nSPS) is 22.4. The van der Waals surface area contributed by atoms with Crippen LogP contribution in [-0.2, 0) is 0 Å². The number of aromatic nitrogens is 4. The van der Waals surface area contributed by atoms with Gasteiger partial charge in [0.25, 0.3) is 5.56 Å². The van der Waals surface area contributed by atoms with E-state index in [1.54, 1.807) is 6.20 Å². The standard InChI is InChI=1S/C24H26N4O/c1-15-8-7-11-20(16(15)2)27-13-12-21-19(24(27)29)14-25-23-22(17(3)26-28(21)23)18-9-5-4-6-10-18/h4-6,9-10,12-16,20H,7-8,11H2,1-3H3. The maximum absolute atomic E-state index is 13.4.